The number of aromatic nitrogens is 3. The second kappa shape index (κ2) is 5.65. The van der Waals surface area contributed by atoms with Crippen LogP contribution in [0.4, 0.5) is 8.78 Å². The summed E-state index contributed by atoms with van der Waals surface area (Å²) < 4.78 is 29.1. The number of halogens is 3. The molecule has 0 aliphatic heterocycles. The third-order valence-electron chi connectivity index (χ3n) is 2.87. The van der Waals surface area contributed by atoms with Crippen LogP contribution in [-0.4, -0.2) is 14.8 Å². The Morgan fingerprint density at radius 2 is 1.74 bits per heavy atom. The molecule has 0 fully saturated rings. The second-order valence-electron chi connectivity index (χ2n) is 4.51. The van der Waals surface area contributed by atoms with Gasteiger partial charge in [-0.25, -0.2) is 8.78 Å². The number of alkyl halides is 1. The monoisotopic (exact) mass is 285 g/mol. The third-order valence-corrected chi connectivity index (χ3v) is 3.11. The highest BCUT2D eigenvalue weighted by Gasteiger charge is 2.17. The summed E-state index contributed by atoms with van der Waals surface area (Å²) >= 11 is 5.78. The Kier molecular flexibility index (Phi) is 4.14. The molecule has 0 aliphatic carbocycles. The molecule has 0 radical (unpaired) electrons. The molecule has 0 aliphatic rings. The molecule has 0 saturated carbocycles. The summed E-state index contributed by atoms with van der Waals surface area (Å²) in [6, 6.07) is 3.88. The van der Waals surface area contributed by atoms with E-state index in [1.807, 2.05) is 13.8 Å². The predicted octanol–water partition coefficient (Wildman–Crippen LogP) is 3.47. The van der Waals surface area contributed by atoms with Gasteiger partial charge in [0.25, 0.3) is 0 Å². The summed E-state index contributed by atoms with van der Waals surface area (Å²) in [7, 11) is 0. The maximum Gasteiger partial charge on any atom is 0.148 e. The lowest BCUT2D eigenvalue weighted by Gasteiger charge is -2.13. The molecule has 2 rings (SSSR count). The van der Waals surface area contributed by atoms with E-state index in [0.717, 1.165) is 0 Å². The fourth-order valence-corrected chi connectivity index (χ4v) is 2.21. The van der Waals surface area contributed by atoms with Crippen LogP contribution in [0.3, 0.4) is 0 Å². The molecule has 0 saturated heterocycles. The van der Waals surface area contributed by atoms with Gasteiger partial charge in [-0.3, -0.25) is 0 Å². The number of rotatable bonds is 4. The second-order valence-corrected chi connectivity index (χ2v) is 4.77. The van der Waals surface area contributed by atoms with Crippen LogP contribution >= 0.6 is 11.6 Å². The first kappa shape index (κ1) is 13.9. The van der Waals surface area contributed by atoms with E-state index >= 15 is 0 Å². The molecule has 1 aromatic carbocycles. The van der Waals surface area contributed by atoms with Crippen LogP contribution in [0, 0.1) is 11.6 Å². The maximum absolute atomic E-state index is 13.6. The average Bonchev–Trinajstić information content (AvgIpc) is 2.77. The summed E-state index contributed by atoms with van der Waals surface area (Å²) in [5.74, 6) is 0.166. The average molecular weight is 286 g/mol. The number of benzene rings is 1. The van der Waals surface area contributed by atoms with Gasteiger partial charge in [0.05, 0.1) is 5.88 Å². The SMILES string of the molecule is CC(C)n1c(CCl)nnc1Cc1c(F)cccc1F. The van der Waals surface area contributed by atoms with Crippen molar-refractivity contribution >= 4 is 11.6 Å². The lowest BCUT2D eigenvalue weighted by atomic mass is 10.1. The molecular formula is C13H14ClF2N3. The van der Waals surface area contributed by atoms with Gasteiger partial charge in [0, 0.05) is 18.0 Å². The highest BCUT2D eigenvalue weighted by Crippen LogP contribution is 2.19. The van der Waals surface area contributed by atoms with Crippen LogP contribution in [-0.2, 0) is 12.3 Å². The number of nitrogens with zero attached hydrogens (tertiary/aromatic N) is 3. The van der Waals surface area contributed by atoms with Crippen molar-refractivity contribution < 1.29 is 8.78 Å². The summed E-state index contributed by atoms with van der Waals surface area (Å²) in [5.41, 5.74) is -0.00192. The van der Waals surface area contributed by atoms with Crippen molar-refractivity contribution in [3.63, 3.8) is 0 Å². The van der Waals surface area contributed by atoms with Gasteiger partial charge in [0.2, 0.25) is 0 Å². The standard InChI is InChI=1S/C13H14ClF2N3/c1-8(2)19-12(17-18-13(19)7-14)6-9-10(15)4-3-5-11(9)16/h3-5,8H,6-7H2,1-2H3. The minimum atomic E-state index is -0.578. The van der Waals surface area contributed by atoms with Crippen molar-refractivity contribution in [3.8, 4) is 0 Å². The first-order valence-corrected chi connectivity index (χ1v) is 6.49. The topological polar surface area (TPSA) is 30.7 Å². The molecule has 0 N–H and O–H groups in total. The molecule has 3 nitrogen and oxygen atoms in total. The van der Waals surface area contributed by atoms with E-state index in [2.05, 4.69) is 10.2 Å². The van der Waals surface area contributed by atoms with Crippen molar-refractivity contribution in [3.05, 3.63) is 47.0 Å². The van der Waals surface area contributed by atoms with E-state index in [9.17, 15) is 8.78 Å². The third kappa shape index (κ3) is 2.76. The Balaban J connectivity index is 2.41. The van der Waals surface area contributed by atoms with Crippen molar-refractivity contribution in [2.45, 2.75) is 32.2 Å². The van der Waals surface area contributed by atoms with Crippen LogP contribution < -0.4 is 0 Å². The molecule has 0 unspecified atom stereocenters. The van der Waals surface area contributed by atoms with E-state index in [1.165, 1.54) is 18.2 Å². The first-order valence-electron chi connectivity index (χ1n) is 5.96. The lowest BCUT2D eigenvalue weighted by Crippen LogP contribution is -2.11. The van der Waals surface area contributed by atoms with Gasteiger partial charge >= 0.3 is 0 Å². The van der Waals surface area contributed by atoms with Crippen molar-refractivity contribution in [2.24, 2.45) is 0 Å². The van der Waals surface area contributed by atoms with E-state index < -0.39 is 11.6 Å². The van der Waals surface area contributed by atoms with Crippen molar-refractivity contribution in [2.75, 3.05) is 0 Å². The highest BCUT2D eigenvalue weighted by atomic mass is 35.5. The van der Waals surface area contributed by atoms with Crippen LogP contribution in [0.2, 0.25) is 0 Å². The maximum atomic E-state index is 13.6. The smallest absolute Gasteiger partial charge is 0.148 e. The molecule has 2 aromatic rings. The normalized spacial score (nSPS) is 11.3. The Bertz CT molecular complexity index is 561. The van der Waals surface area contributed by atoms with Gasteiger partial charge < -0.3 is 4.57 Å². The molecule has 0 atom stereocenters. The van der Waals surface area contributed by atoms with Gasteiger partial charge in [-0.15, -0.1) is 21.8 Å². The molecule has 0 bridgehead atoms. The van der Waals surface area contributed by atoms with Crippen LogP contribution in [0.15, 0.2) is 18.2 Å². The molecular weight excluding hydrogens is 272 g/mol. The highest BCUT2D eigenvalue weighted by molar-refractivity contribution is 6.16. The quantitative estimate of drug-likeness (QED) is 0.806. The molecule has 102 valence electrons. The van der Waals surface area contributed by atoms with Crippen LogP contribution in [0.5, 0.6) is 0 Å². The Hall–Kier alpha value is -1.49. The first-order chi connectivity index (χ1) is 9.04. The largest absolute Gasteiger partial charge is 0.311 e. The summed E-state index contributed by atoms with van der Waals surface area (Å²) in [5, 5.41) is 7.93. The van der Waals surface area contributed by atoms with E-state index in [1.54, 1.807) is 4.57 Å². The number of hydrogen-bond donors (Lipinski definition) is 0. The molecule has 19 heavy (non-hydrogen) atoms. The lowest BCUT2D eigenvalue weighted by molar-refractivity contribution is 0.534. The Morgan fingerprint density at radius 1 is 1.16 bits per heavy atom. The minimum Gasteiger partial charge on any atom is -0.311 e. The van der Waals surface area contributed by atoms with Crippen LogP contribution in [0.25, 0.3) is 0 Å². The van der Waals surface area contributed by atoms with Gasteiger partial charge in [-0.05, 0) is 26.0 Å². The van der Waals surface area contributed by atoms with Crippen molar-refractivity contribution in [1.82, 2.24) is 14.8 Å². The molecule has 0 amide bonds. The summed E-state index contributed by atoms with van der Waals surface area (Å²) in [6.07, 6.45) is 0.0561. The molecule has 0 spiro atoms. The summed E-state index contributed by atoms with van der Waals surface area (Å²) in [4.78, 5) is 0. The van der Waals surface area contributed by atoms with E-state index in [0.29, 0.717) is 11.6 Å². The molecule has 1 aromatic heterocycles. The van der Waals surface area contributed by atoms with Gasteiger partial charge in [-0.1, -0.05) is 6.07 Å². The van der Waals surface area contributed by atoms with Gasteiger partial charge in [-0.2, -0.15) is 0 Å². The van der Waals surface area contributed by atoms with Crippen LogP contribution in [0.1, 0.15) is 37.1 Å². The van der Waals surface area contributed by atoms with E-state index in [-0.39, 0.29) is 23.9 Å². The Morgan fingerprint density at radius 3 is 2.26 bits per heavy atom. The fraction of sp³-hybridized carbons (Fsp3) is 0.385. The zero-order valence-corrected chi connectivity index (χ0v) is 11.5. The van der Waals surface area contributed by atoms with Crippen molar-refractivity contribution in [1.29, 1.82) is 0 Å². The molecule has 1 heterocycles. The minimum absolute atomic E-state index is 0.00192. The van der Waals surface area contributed by atoms with E-state index in [4.69, 9.17) is 11.6 Å². The van der Waals surface area contributed by atoms with Gasteiger partial charge in [0.1, 0.15) is 23.3 Å². The predicted molar refractivity (Wildman–Crippen MR) is 69.1 cm³/mol. The number of hydrogen-bond acceptors (Lipinski definition) is 2. The van der Waals surface area contributed by atoms with Gasteiger partial charge in [0.15, 0.2) is 0 Å². The fourth-order valence-electron chi connectivity index (χ4n) is 2.03. The zero-order valence-electron chi connectivity index (χ0n) is 10.7. The zero-order chi connectivity index (χ0) is 14.0. The Labute approximate surface area is 115 Å². The molecule has 6 heteroatoms. The summed E-state index contributed by atoms with van der Waals surface area (Å²) in [6.45, 7) is 3.89.